The monoisotopic (exact) mass is 489 g/mol. The molecular weight excluding hydrogens is 459 g/mol. The number of anilines is 1. The molecule has 10 heteroatoms. The number of ether oxygens (including phenoxy) is 2. The average Bonchev–Trinajstić information content (AvgIpc) is 2.71. The summed E-state index contributed by atoms with van der Waals surface area (Å²) in [7, 11) is 0. The number of alkyl halides is 3. The van der Waals surface area contributed by atoms with E-state index in [9.17, 15) is 18.0 Å². The van der Waals surface area contributed by atoms with Crippen LogP contribution in [0.15, 0.2) is 24.3 Å². The molecule has 6 atom stereocenters. The van der Waals surface area contributed by atoms with Crippen molar-refractivity contribution in [2.24, 2.45) is 5.92 Å². The largest absolute Gasteiger partial charge is 0.417 e. The van der Waals surface area contributed by atoms with Gasteiger partial charge >= 0.3 is 12.2 Å². The van der Waals surface area contributed by atoms with E-state index in [0.717, 1.165) is 19.3 Å². The molecule has 33 heavy (non-hydrogen) atoms. The summed E-state index contributed by atoms with van der Waals surface area (Å²) >= 11 is 5.88. The van der Waals surface area contributed by atoms with Crippen LogP contribution < -0.4 is 16.0 Å². The van der Waals surface area contributed by atoms with Gasteiger partial charge in [0.1, 0.15) is 6.23 Å². The quantitative estimate of drug-likeness (QED) is 0.530. The van der Waals surface area contributed by atoms with Gasteiger partial charge in [-0.05, 0) is 56.9 Å². The van der Waals surface area contributed by atoms with E-state index in [4.69, 9.17) is 21.1 Å². The lowest BCUT2D eigenvalue weighted by molar-refractivity contribution is -0.358. The SMILES string of the molecule is CC1CCC(NC(=O)Nc2ccc(Cl)cc2)C(O[C@@H]2CCCCC2[C@@]2(C(F)(F)F)CCO2)N1. The molecule has 0 spiro atoms. The number of urea groups is 1. The number of nitrogens with one attached hydrogen (secondary N) is 3. The number of halogens is 4. The van der Waals surface area contributed by atoms with Gasteiger partial charge in [0.15, 0.2) is 5.60 Å². The van der Waals surface area contributed by atoms with Crippen molar-refractivity contribution >= 4 is 23.3 Å². The van der Waals surface area contributed by atoms with Crippen molar-refractivity contribution in [3.63, 3.8) is 0 Å². The van der Waals surface area contributed by atoms with Gasteiger partial charge in [-0.2, -0.15) is 13.2 Å². The molecule has 0 bridgehead atoms. The lowest BCUT2D eigenvalue weighted by Gasteiger charge is -2.52. The number of carbonyl (C=O) groups is 1. The van der Waals surface area contributed by atoms with E-state index in [1.807, 2.05) is 6.92 Å². The van der Waals surface area contributed by atoms with Crippen molar-refractivity contribution in [2.45, 2.75) is 88.1 Å². The van der Waals surface area contributed by atoms with Gasteiger partial charge in [-0.3, -0.25) is 5.32 Å². The van der Waals surface area contributed by atoms with Gasteiger partial charge in [-0.15, -0.1) is 0 Å². The molecule has 4 unspecified atom stereocenters. The van der Waals surface area contributed by atoms with Crippen LogP contribution in [0.2, 0.25) is 5.02 Å². The molecule has 1 saturated carbocycles. The molecule has 4 rings (SSSR count). The molecule has 6 nitrogen and oxygen atoms in total. The summed E-state index contributed by atoms with van der Waals surface area (Å²) in [6.45, 7) is 2.13. The first-order valence-corrected chi connectivity index (χ1v) is 12.0. The van der Waals surface area contributed by atoms with E-state index in [-0.39, 0.29) is 25.1 Å². The molecule has 184 valence electrons. The topological polar surface area (TPSA) is 71.6 Å². The van der Waals surface area contributed by atoms with Crippen LogP contribution in [0.3, 0.4) is 0 Å². The van der Waals surface area contributed by atoms with E-state index in [0.29, 0.717) is 30.0 Å². The standard InChI is InChI=1S/C23H31ClF3N3O3/c1-14-6-11-18(30-21(31)29-16-9-7-15(24)8-10-16)20(28-14)33-19-5-3-2-4-17(19)22(12-13-32-22)23(25,26)27/h7-10,14,17-20,28H,2-6,11-13H2,1H3,(H2,29,30,31)/t14?,17?,18?,19-,20?,22-/m1/s1. The lowest BCUT2D eigenvalue weighted by Crippen LogP contribution is -2.65. The number of carbonyl (C=O) groups excluding carboxylic acids is 1. The minimum absolute atomic E-state index is 0.0271. The molecule has 1 aliphatic carbocycles. The summed E-state index contributed by atoms with van der Waals surface area (Å²) in [4.78, 5) is 12.6. The molecule has 3 N–H and O–H groups in total. The summed E-state index contributed by atoms with van der Waals surface area (Å²) in [5.41, 5.74) is -1.53. The Morgan fingerprint density at radius 2 is 1.88 bits per heavy atom. The smallest absolute Gasteiger partial charge is 0.365 e. The Morgan fingerprint density at radius 3 is 2.52 bits per heavy atom. The van der Waals surface area contributed by atoms with E-state index in [1.54, 1.807) is 24.3 Å². The zero-order chi connectivity index (χ0) is 23.6. The van der Waals surface area contributed by atoms with Crippen molar-refractivity contribution in [2.75, 3.05) is 11.9 Å². The van der Waals surface area contributed by atoms with Gasteiger partial charge in [0, 0.05) is 29.1 Å². The number of rotatable bonds is 5. The number of hydrogen-bond acceptors (Lipinski definition) is 4. The van der Waals surface area contributed by atoms with Crippen LogP contribution in [-0.4, -0.2) is 48.8 Å². The second-order valence-corrected chi connectivity index (χ2v) is 9.77. The molecule has 2 aliphatic heterocycles. The molecule has 1 aromatic carbocycles. The van der Waals surface area contributed by atoms with Gasteiger partial charge in [-0.25, -0.2) is 4.79 Å². The number of amides is 2. The van der Waals surface area contributed by atoms with Crippen LogP contribution in [0.5, 0.6) is 0 Å². The highest BCUT2D eigenvalue weighted by Gasteiger charge is 2.66. The van der Waals surface area contributed by atoms with Crippen LogP contribution >= 0.6 is 11.6 Å². The minimum atomic E-state index is -4.43. The molecule has 1 aromatic rings. The van der Waals surface area contributed by atoms with Crippen molar-refractivity contribution in [1.29, 1.82) is 0 Å². The third-order valence-corrected chi connectivity index (χ3v) is 7.33. The Bertz CT molecular complexity index is 819. The van der Waals surface area contributed by atoms with Crippen molar-refractivity contribution in [3.05, 3.63) is 29.3 Å². The van der Waals surface area contributed by atoms with Crippen LogP contribution in [0.25, 0.3) is 0 Å². The summed E-state index contributed by atoms with van der Waals surface area (Å²) in [6, 6.07) is 6.09. The highest BCUT2D eigenvalue weighted by molar-refractivity contribution is 6.30. The average molecular weight is 490 g/mol. The van der Waals surface area contributed by atoms with Crippen LogP contribution in [0, 0.1) is 5.92 Å². The molecular formula is C23H31ClF3N3O3. The summed E-state index contributed by atoms with van der Waals surface area (Å²) in [6.07, 6.45) is -1.66. The fourth-order valence-electron chi connectivity index (χ4n) is 5.24. The van der Waals surface area contributed by atoms with E-state index < -0.39 is 36.1 Å². The molecule has 2 amide bonds. The molecule has 2 saturated heterocycles. The fourth-order valence-corrected chi connectivity index (χ4v) is 5.37. The normalized spacial score (nSPS) is 34.9. The maximum Gasteiger partial charge on any atom is 0.417 e. The van der Waals surface area contributed by atoms with Gasteiger partial charge in [0.25, 0.3) is 0 Å². The first kappa shape index (κ1) is 24.6. The van der Waals surface area contributed by atoms with Crippen LogP contribution in [-0.2, 0) is 9.47 Å². The number of piperidine rings is 1. The third-order valence-electron chi connectivity index (χ3n) is 7.08. The van der Waals surface area contributed by atoms with Gasteiger partial charge in [0.2, 0.25) is 0 Å². The van der Waals surface area contributed by atoms with Crippen molar-refractivity contribution in [1.82, 2.24) is 10.6 Å². The van der Waals surface area contributed by atoms with Gasteiger partial charge in [0.05, 0.1) is 18.8 Å². The van der Waals surface area contributed by atoms with Gasteiger partial charge in [-0.1, -0.05) is 24.4 Å². The van der Waals surface area contributed by atoms with Gasteiger partial charge < -0.3 is 20.1 Å². The van der Waals surface area contributed by atoms with Crippen LogP contribution in [0.4, 0.5) is 23.7 Å². The predicted molar refractivity (Wildman–Crippen MR) is 119 cm³/mol. The zero-order valence-electron chi connectivity index (χ0n) is 18.6. The van der Waals surface area contributed by atoms with E-state index >= 15 is 0 Å². The molecule has 0 radical (unpaired) electrons. The maximum atomic E-state index is 14.0. The molecule has 3 fully saturated rings. The summed E-state index contributed by atoms with van der Waals surface area (Å²) < 4.78 is 53.4. The predicted octanol–water partition coefficient (Wildman–Crippen LogP) is 5.22. The highest BCUT2D eigenvalue weighted by atomic mass is 35.5. The summed E-state index contributed by atoms with van der Waals surface area (Å²) in [5, 5.41) is 9.59. The second kappa shape index (κ2) is 9.98. The van der Waals surface area contributed by atoms with E-state index in [1.165, 1.54) is 0 Å². The van der Waals surface area contributed by atoms with Crippen molar-refractivity contribution in [3.8, 4) is 0 Å². The lowest BCUT2D eigenvalue weighted by atomic mass is 9.70. The van der Waals surface area contributed by atoms with E-state index in [2.05, 4.69) is 16.0 Å². The molecule has 2 heterocycles. The first-order valence-electron chi connectivity index (χ1n) is 11.6. The van der Waals surface area contributed by atoms with Crippen molar-refractivity contribution < 1.29 is 27.4 Å². The summed E-state index contributed by atoms with van der Waals surface area (Å²) in [5.74, 6) is -0.748. The Morgan fingerprint density at radius 1 is 1.18 bits per heavy atom. The first-order chi connectivity index (χ1) is 15.7. The Balaban J connectivity index is 1.44. The Hall–Kier alpha value is -1.55. The third kappa shape index (κ3) is 5.42. The number of hydrogen-bond donors (Lipinski definition) is 3. The number of benzene rings is 1. The molecule has 0 aromatic heterocycles. The Kier molecular flexibility index (Phi) is 7.43. The van der Waals surface area contributed by atoms with Crippen LogP contribution in [0.1, 0.15) is 51.9 Å². The molecule has 3 aliphatic rings. The second-order valence-electron chi connectivity index (χ2n) is 9.33. The zero-order valence-corrected chi connectivity index (χ0v) is 19.3. The fraction of sp³-hybridized carbons (Fsp3) is 0.696. The highest BCUT2D eigenvalue weighted by Crippen LogP contribution is 2.52. The Labute approximate surface area is 196 Å². The maximum absolute atomic E-state index is 14.0. The minimum Gasteiger partial charge on any atom is -0.365 e.